The van der Waals surface area contributed by atoms with E-state index in [1.54, 1.807) is 6.08 Å². The first-order valence-corrected chi connectivity index (χ1v) is 24.7. The molecule has 0 aromatic rings. The summed E-state index contributed by atoms with van der Waals surface area (Å²) in [6.07, 6.45) is 51.2. The quantitative estimate of drug-likeness (QED) is 0.0180. The number of aliphatic hydroxyl groups is 1. The molecule has 0 bridgehead atoms. The number of allylic oxidation sites excluding steroid dienone is 10. The van der Waals surface area contributed by atoms with Gasteiger partial charge in [0.15, 0.2) is 6.10 Å². The summed E-state index contributed by atoms with van der Waals surface area (Å²) in [5.74, 6) is -0.160. The number of aliphatic hydroxyl groups excluding tert-OH is 1. The number of ether oxygens (including phenoxy) is 2. The molecule has 2 atom stereocenters. The van der Waals surface area contributed by atoms with Gasteiger partial charge in [0.2, 0.25) is 0 Å². The van der Waals surface area contributed by atoms with Gasteiger partial charge in [-0.1, -0.05) is 209 Å². The lowest BCUT2D eigenvalue weighted by Crippen LogP contribution is -2.29. The lowest BCUT2D eigenvalue weighted by atomic mass is 10.0. The maximum atomic E-state index is 12.4. The Morgan fingerprint density at radius 2 is 1.07 bits per heavy atom. The molecule has 0 amide bonds. The number of phosphoric acid groups is 1. The number of hydrogen-bond donors (Lipinski definition) is 3. The van der Waals surface area contributed by atoms with Crippen molar-refractivity contribution in [1.29, 1.82) is 0 Å². The molecule has 0 aliphatic carbocycles. The molecule has 0 saturated heterocycles. The normalized spacial score (nSPS) is 13.7. The highest BCUT2D eigenvalue weighted by Crippen LogP contribution is 2.36. The predicted octanol–water partition coefficient (Wildman–Crippen LogP) is 13.5. The van der Waals surface area contributed by atoms with Gasteiger partial charge < -0.3 is 24.4 Å². The minimum absolute atomic E-state index is 0.125. The van der Waals surface area contributed by atoms with Crippen molar-refractivity contribution in [1.82, 2.24) is 0 Å². The van der Waals surface area contributed by atoms with Gasteiger partial charge in [0.25, 0.3) is 0 Å². The second-order valence-electron chi connectivity index (χ2n) is 16.0. The third-order valence-electron chi connectivity index (χ3n) is 9.76. The largest absolute Gasteiger partial charge is 0.469 e. The van der Waals surface area contributed by atoms with E-state index in [-0.39, 0.29) is 19.4 Å². The average Bonchev–Trinajstić information content (AvgIpc) is 3.19. The van der Waals surface area contributed by atoms with Crippen molar-refractivity contribution >= 4 is 19.8 Å². The zero-order chi connectivity index (χ0) is 43.5. The maximum Gasteiger partial charge on any atom is 0.469 e. The topological polar surface area (TPSA) is 140 Å². The van der Waals surface area contributed by atoms with Crippen LogP contribution in [0, 0.1) is 5.92 Å². The minimum atomic E-state index is -4.79. The van der Waals surface area contributed by atoms with Crippen molar-refractivity contribution in [3.05, 3.63) is 72.9 Å². The van der Waals surface area contributed by atoms with E-state index in [1.807, 2.05) is 48.6 Å². The van der Waals surface area contributed by atoms with Crippen molar-refractivity contribution in [2.75, 3.05) is 13.2 Å². The molecule has 3 N–H and O–H groups in total. The number of carbonyl (C=O) groups is 2. The Hall–Kier alpha value is -2.55. The third-order valence-corrected chi connectivity index (χ3v) is 10.2. The molecule has 0 aromatic heterocycles. The molecule has 1 unspecified atom stereocenters. The van der Waals surface area contributed by atoms with Crippen LogP contribution in [-0.2, 0) is 28.2 Å². The van der Waals surface area contributed by atoms with Crippen LogP contribution in [0.4, 0.5) is 0 Å². The van der Waals surface area contributed by atoms with Gasteiger partial charge in [0.1, 0.15) is 6.61 Å². The summed E-state index contributed by atoms with van der Waals surface area (Å²) in [6, 6.07) is 0. The third kappa shape index (κ3) is 46.4. The molecule has 0 radical (unpaired) electrons. The van der Waals surface area contributed by atoms with Crippen LogP contribution in [0.15, 0.2) is 72.9 Å². The van der Waals surface area contributed by atoms with Crippen molar-refractivity contribution in [2.45, 2.75) is 206 Å². The Bertz CT molecular complexity index is 1210. The van der Waals surface area contributed by atoms with Crippen molar-refractivity contribution in [3.63, 3.8) is 0 Å². The van der Waals surface area contributed by atoms with E-state index in [1.165, 1.54) is 96.3 Å². The first kappa shape index (κ1) is 56.5. The summed E-state index contributed by atoms with van der Waals surface area (Å²) in [5, 5.41) is 9.82. The smallest absolute Gasteiger partial charge is 0.462 e. The van der Waals surface area contributed by atoms with Gasteiger partial charge in [-0.3, -0.25) is 14.1 Å². The molecule has 0 rings (SSSR count). The van der Waals surface area contributed by atoms with Crippen molar-refractivity contribution in [3.8, 4) is 0 Å². The summed E-state index contributed by atoms with van der Waals surface area (Å²) in [6.45, 7) is 5.78. The zero-order valence-corrected chi connectivity index (χ0v) is 38.3. The van der Waals surface area contributed by atoms with Crippen LogP contribution in [0.1, 0.15) is 194 Å². The van der Waals surface area contributed by atoms with Crippen LogP contribution in [0.5, 0.6) is 0 Å². The van der Waals surface area contributed by atoms with E-state index in [9.17, 15) is 19.3 Å². The fourth-order valence-corrected chi connectivity index (χ4v) is 6.68. The SMILES string of the molecule is CC/C=C\CC(O)/C=C/C=C/C/C=C\C/C=C\C/C=C\CCC(=O)OC[C@H](COP(=O)(O)O)OC(=O)CCCCCCCCCCCCCCCCCCCCC(C)C. The molecule has 0 saturated carbocycles. The monoisotopic (exact) mass is 849 g/mol. The van der Waals surface area contributed by atoms with Gasteiger partial charge in [-0.2, -0.15) is 0 Å². The van der Waals surface area contributed by atoms with Crippen LogP contribution >= 0.6 is 7.82 Å². The fraction of sp³-hybridized carbons (Fsp3) is 0.714. The van der Waals surface area contributed by atoms with Gasteiger partial charge >= 0.3 is 19.8 Å². The lowest BCUT2D eigenvalue weighted by molar-refractivity contribution is -0.161. The molecule has 0 aliphatic heterocycles. The number of carbonyl (C=O) groups excluding carboxylic acids is 2. The molecule has 0 aliphatic rings. The van der Waals surface area contributed by atoms with Crippen molar-refractivity contribution in [2.24, 2.45) is 5.92 Å². The zero-order valence-electron chi connectivity index (χ0n) is 37.4. The number of unbranched alkanes of at least 4 members (excludes halogenated alkanes) is 17. The molecular formula is C49H85O9P. The van der Waals surface area contributed by atoms with Gasteiger partial charge in [0, 0.05) is 12.8 Å². The summed E-state index contributed by atoms with van der Waals surface area (Å²) in [7, 11) is -4.79. The Morgan fingerprint density at radius 3 is 1.58 bits per heavy atom. The average molecular weight is 849 g/mol. The molecule has 340 valence electrons. The molecule has 0 fully saturated rings. The van der Waals surface area contributed by atoms with Crippen LogP contribution in [0.2, 0.25) is 0 Å². The van der Waals surface area contributed by atoms with Gasteiger partial charge in [-0.15, -0.1) is 0 Å². The Morgan fingerprint density at radius 1 is 0.576 bits per heavy atom. The standard InChI is InChI=1S/C49H85O9P/c1-4-5-33-39-46(50)40-35-30-26-22-18-14-12-16-19-23-27-31-36-41-48(51)56-43-47(44-57-59(53,54)55)58-49(52)42-37-32-28-24-20-15-11-9-7-6-8-10-13-17-21-25-29-34-38-45(2)3/h5,14,16,18-19,26-27,30-31,33,35,40,45-47,50H,4,6-13,15,17,20-25,28-29,32,34,36-39,41-44H2,1-3H3,(H2,53,54,55)/b18-14-,19-16-,30-26+,31-27-,33-5-,40-35+/t46?,47-/m1/s1. The minimum Gasteiger partial charge on any atom is -0.462 e. The van der Waals surface area contributed by atoms with E-state index in [4.69, 9.17) is 19.3 Å². The highest BCUT2D eigenvalue weighted by molar-refractivity contribution is 7.46. The van der Waals surface area contributed by atoms with E-state index in [0.717, 1.165) is 50.9 Å². The maximum absolute atomic E-state index is 12.4. The van der Waals surface area contributed by atoms with Gasteiger partial charge in [0.05, 0.1) is 12.7 Å². The summed E-state index contributed by atoms with van der Waals surface area (Å²) >= 11 is 0. The molecule has 10 heteroatoms. The first-order valence-electron chi connectivity index (χ1n) is 23.2. The molecule has 59 heavy (non-hydrogen) atoms. The van der Waals surface area contributed by atoms with E-state index in [0.29, 0.717) is 19.3 Å². The van der Waals surface area contributed by atoms with E-state index < -0.39 is 38.6 Å². The first-order chi connectivity index (χ1) is 28.5. The summed E-state index contributed by atoms with van der Waals surface area (Å²) in [5.41, 5.74) is 0. The fourth-order valence-electron chi connectivity index (χ4n) is 6.32. The van der Waals surface area contributed by atoms with Crippen LogP contribution in [0.3, 0.4) is 0 Å². The Labute approximate surface area is 360 Å². The highest BCUT2D eigenvalue weighted by Gasteiger charge is 2.22. The molecule has 0 aromatic carbocycles. The van der Waals surface area contributed by atoms with Crippen LogP contribution in [-0.4, -0.2) is 52.3 Å². The van der Waals surface area contributed by atoms with Crippen molar-refractivity contribution < 1.29 is 43.0 Å². The van der Waals surface area contributed by atoms with Crippen LogP contribution in [0.25, 0.3) is 0 Å². The second kappa shape index (κ2) is 42.2. The second-order valence-corrected chi connectivity index (χ2v) is 17.3. The number of esters is 2. The van der Waals surface area contributed by atoms with Gasteiger partial charge in [-0.05, 0) is 50.9 Å². The number of phosphoric ester groups is 1. The predicted molar refractivity (Wildman–Crippen MR) is 245 cm³/mol. The molecule has 0 heterocycles. The number of rotatable bonds is 41. The lowest BCUT2D eigenvalue weighted by Gasteiger charge is -2.18. The Balaban J connectivity index is 4.00. The van der Waals surface area contributed by atoms with Crippen LogP contribution < -0.4 is 0 Å². The summed E-state index contributed by atoms with van der Waals surface area (Å²) in [4.78, 5) is 42.9. The highest BCUT2D eigenvalue weighted by atomic mass is 31.2. The van der Waals surface area contributed by atoms with Gasteiger partial charge in [-0.25, -0.2) is 4.57 Å². The number of hydrogen-bond acceptors (Lipinski definition) is 7. The molecule has 9 nitrogen and oxygen atoms in total. The van der Waals surface area contributed by atoms with E-state index >= 15 is 0 Å². The summed E-state index contributed by atoms with van der Waals surface area (Å²) < 4.78 is 26.4. The molecule has 0 spiro atoms. The molecular weight excluding hydrogens is 764 g/mol. The Kier molecular flexibility index (Phi) is 40.3. The van der Waals surface area contributed by atoms with E-state index in [2.05, 4.69) is 43.5 Å².